The van der Waals surface area contributed by atoms with Gasteiger partial charge in [-0.05, 0) is 47.9 Å². The van der Waals surface area contributed by atoms with E-state index in [0.717, 1.165) is 53.5 Å². The van der Waals surface area contributed by atoms with E-state index in [2.05, 4.69) is 15.4 Å². The fraction of sp³-hybridized carbons (Fsp3) is 0.296. The first-order valence-corrected chi connectivity index (χ1v) is 11.5. The van der Waals surface area contributed by atoms with Crippen molar-refractivity contribution in [3.63, 3.8) is 0 Å². The molecule has 0 saturated heterocycles. The molecule has 1 fully saturated rings. The minimum absolute atomic E-state index is 0.120. The highest BCUT2D eigenvalue weighted by molar-refractivity contribution is 6.00. The number of rotatable bonds is 5. The monoisotopic (exact) mass is 442 g/mol. The van der Waals surface area contributed by atoms with E-state index in [0.29, 0.717) is 11.8 Å². The van der Waals surface area contributed by atoms with Crippen LogP contribution >= 0.6 is 0 Å². The predicted molar refractivity (Wildman–Crippen MR) is 127 cm³/mol. The molecule has 6 heteroatoms. The molecular weight excluding hydrogens is 415 g/mol. The zero-order valence-electron chi connectivity index (χ0n) is 18.7. The molecule has 1 N–H and O–H groups in total. The van der Waals surface area contributed by atoms with Gasteiger partial charge in [-0.3, -0.25) is 14.5 Å². The predicted octanol–water partition coefficient (Wildman–Crippen LogP) is 5.43. The average molecular weight is 443 g/mol. The molecule has 168 valence electrons. The maximum absolute atomic E-state index is 15.4. The summed E-state index contributed by atoms with van der Waals surface area (Å²) in [6.45, 7) is 0. The Balaban J connectivity index is 1.45. The maximum Gasteiger partial charge on any atom is 0.254 e. The van der Waals surface area contributed by atoms with Crippen molar-refractivity contribution in [2.75, 3.05) is 0 Å². The largest absolute Gasteiger partial charge is 0.349 e. The molecule has 0 aliphatic heterocycles. The van der Waals surface area contributed by atoms with E-state index in [4.69, 9.17) is 0 Å². The zero-order valence-corrected chi connectivity index (χ0v) is 18.7. The highest BCUT2D eigenvalue weighted by Crippen LogP contribution is 2.28. The molecule has 1 saturated carbocycles. The van der Waals surface area contributed by atoms with Crippen molar-refractivity contribution in [1.82, 2.24) is 20.1 Å². The molecule has 2 aromatic carbocycles. The van der Waals surface area contributed by atoms with Crippen LogP contribution in [0.1, 0.15) is 53.6 Å². The van der Waals surface area contributed by atoms with Gasteiger partial charge in [0.2, 0.25) is 0 Å². The Morgan fingerprint density at radius 3 is 2.58 bits per heavy atom. The molecule has 1 amide bonds. The molecule has 0 bridgehead atoms. The number of benzene rings is 2. The number of aromatic nitrogens is 3. The summed E-state index contributed by atoms with van der Waals surface area (Å²) in [5.41, 5.74) is 3.84. The third-order valence-electron chi connectivity index (χ3n) is 6.47. The van der Waals surface area contributed by atoms with Crippen LogP contribution in [0.25, 0.3) is 22.0 Å². The minimum Gasteiger partial charge on any atom is -0.349 e. The summed E-state index contributed by atoms with van der Waals surface area (Å²) in [6.07, 6.45) is 11.4. The smallest absolute Gasteiger partial charge is 0.254 e. The van der Waals surface area contributed by atoms with Crippen LogP contribution in [0, 0.1) is 5.82 Å². The number of nitrogens with one attached hydrogen (secondary N) is 1. The molecule has 5 nitrogen and oxygen atoms in total. The highest BCUT2D eigenvalue weighted by atomic mass is 19.1. The number of hydrogen-bond acceptors (Lipinski definition) is 3. The van der Waals surface area contributed by atoms with Crippen LogP contribution < -0.4 is 5.32 Å². The summed E-state index contributed by atoms with van der Waals surface area (Å²) >= 11 is 0. The molecule has 2 aromatic heterocycles. The highest BCUT2D eigenvalue weighted by Gasteiger charge is 2.21. The van der Waals surface area contributed by atoms with E-state index >= 15 is 4.39 Å². The fourth-order valence-corrected chi connectivity index (χ4v) is 4.71. The van der Waals surface area contributed by atoms with Crippen molar-refractivity contribution < 1.29 is 9.18 Å². The molecule has 1 aliphatic carbocycles. The van der Waals surface area contributed by atoms with Gasteiger partial charge in [-0.25, -0.2) is 4.39 Å². The van der Waals surface area contributed by atoms with Gasteiger partial charge in [-0.1, -0.05) is 49.6 Å². The van der Waals surface area contributed by atoms with Crippen molar-refractivity contribution in [3.05, 3.63) is 83.6 Å². The topological polar surface area (TPSA) is 59.8 Å². The Bertz CT molecular complexity index is 1290. The molecule has 5 rings (SSSR count). The van der Waals surface area contributed by atoms with Crippen molar-refractivity contribution in [1.29, 1.82) is 0 Å². The number of carbonyl (C=O) groups is 1. The lowest BCUT2D eigenvalue weighted by molar-refractivity contribution is 0.0924. The second kappa shape index (κ2) is 9.14. The average Bonchev–Trinajstić information content (AvgIpc) is 3.28. The van der Waals surface area contributed by atoms with E-state index in [9.17, 15) is 4.79 Å². The summed E-state index contributed by atoms with van der Waals surface area (Å²) in [5.74, 6) is -0.774. The third-order valence-corrected chi connectivity index (χ3v) is 6.47. The Labute approximate surface area is 192 Å². The molecule has 0 atom stereocenters. The van der Waals surface area contributed by atoms with E-state index in [-0.39, 0.29) is 17.5 Å². The van der Waals surface area contributed by atoms with Gasteiger partial charge in [-0.2, -0.15) is 5.10 Å². The quantitative estimate of drug-likeness (QED) is 0.448. The number of pyridine rings is 1. The van der Waals surface area contributed by atoms with Gasteiger partial charge < -0.3 is 5.32 Å². The number of hydrogen-bond donors (Lipinski definition) is 1. The molecule has 1 aliphatic rings. The van der Waals surface area contributed by atoms with Crippen LogP contribution in [0.3, 0.4) is 0 Å². The van der Waals surface area contributed by atoms with Gasteiger partial charge in [0.15, 0.2) is 0 Å². The van der Waals surface area contributed by atoms with E-state index in [1.807, 2.05) is 49.8 Å². The maximum atomic E-state index is 15.4. The molecule has 0 unspecified atom stereocenters. The second-order valence-electron chi connectivity index (χ2n) is 8.88. The van der Waals surface area contributed by atoms with Gasteiger partial charge in [0.05, 0.1) is 17.5 Å². The van der Waals surface area contributed by atoms with Crippen molar-refractivity contribution in [2.45, 2.75) is 44.6 Å². The van der Waals surface area contributed by atoms with Crippen LogP contribution in [0.2, 0.25) is 0 Å². The molecule has 4 aromatic rings. The SMILES string of the molecule is Cn1cc(-c2ccc(Cc3cc(C(=O)NC4CCCCC4)c(F)c4ccccc34)cn2)cn1. The lowest BCUT2D eigenvalue weighted by Gasteiger charge is -2.23. The van der Waals surface area contributed by atoms with E-state index in [1.165, 1.54) is 6.42 Å². The number of carbonyl (C=O) groups excluding carboxylic acids is 1. The first kappa shape index (κ1) is 21.3. The molecule has 0 spiro atoms. The fourth-order valence-electron chi connectivity index (χ4n) is 4.71. The van der Waals surface area contributed by atoms with Crippen LogP contribution in [-0.4, -0.2) is 26.7 Å². The first-order valence-electron chi connectivity index (χ1n) is 11.5. The molecule has 0 radical (unpaired) electrons. The van der Waals surface area contributed by atoms with Crippen LogP contribution in [-0.2, 0) is 13.5 Å². The second-order valence-corrected chi connectivity index (χ2v) is 8.88. The normalized spacial score (nSPS) is 14.5. The lowest BCUT2D eigenvalue weighted by Crippen LogP contribution is -2.36. The van der Waals surface area contributed by atoms with Gasteiger partial charge in [0.1, 0.15) is 5.82 Å². The summed E-state index contributed by atoms with van der Waals surface area (Å²) in [4.78, 5) is 17.6. The first-order chi connectivity index (χ1) is 16.1. The summed E-state index contributed by atoms with van der Waals surface area (Å²) < 4.78 is 17.1. The Morgan fingerprint density at radius 1 is 1.09 bits per heavy atom. The van der Waals surface area contributed by atoms with Gasteiger partial charge in [0.25, 0.3) is 5.91 Å². The van der Waals surface area contributed by atoms with Crippen LogP contribution in [0.4, 0.5) is 4.39 Å². The molecule has 33 heavy (non-hydrogen) atoms. The van der Waals surface area contributed by atoms with Crippen LogP contribution in [0.15, 0.2) is 61.1 Å². The number of fused-ring (bicyclic) bond motifs is 1. The Hall–Kier alpha value is -3.54. The number of aryl methyl sites for hydroxylation is 1. The summed E-state index contributed by atoms with van der Waals surface area (Å²) in [7, 11) is 1.87. The Kier molecular flexibility index (Phi) is 5.90. The minimum atomic E-state index is -0.451. The Morgan fingerprint density at radius 2 is 1.88 bits per heavy atom. The van der Waals surface area contributed by atoms with Gasteiger partial charge in [-0.15, -0.1) is 0 Å². The zero-order chi connectivity index (χ0) is 22.8. The molecule has 2 heterocycles. The number of nitrogens with zero attached hydrogens (tertiary/aromatic N) is 3. The van der Waals surface area contributed by atoms with Gasteiger partial charge in [0, 0.05) is 36.4 Å². The van der Waals surface area contributed by atoms with Crippen LogP contribution in [0.5, 0.6) is 0 Å². The number of amides is 1. The number of halogens is 1. The van der Waals surface area contributed by atoms with Crippen molar-refractivity contribution >= 4 is 16.7 Å². The third kappa shape index (κ3) is 4.51. The van der Waals surface area contributed by atoms with Crippen molar-refractivity contribution in [3.8, 4) is 11.3 Å². The lowest BCUT2D eigenvalue weighted by atomic mass is 9.93. The molecular formula is C27H27FN4O. The van der Waals surface area contributed by atoms with E-state index in [1.54, 1.807) is 23.0 Å². The van der Waals surface area contributed by atoms with Crippen molar-refractivity contribution in [2.24, 2.45) is 7.05 Å². The standard InChI is InChI=1S/C27H27FN4O/c1-32-17-20(16-30-32)25-12-11-18(15-29-25)13-19-14-24(26(28)23-10-6-5-9-22(19)23)27(33)31-21-7-3-2-4-8-21/h5-6,9-12,14-17,21H,2-4,7-8,13H2,1H3,(H,31,33). The van der Waals surface area contributed by atoms with E-state index < -0.39 is 5.82 Å². The summed E-state index contributed by atoms with van der Waals surface area (Å²) in [6, 6.07) is 13.2. The summed E-state index contributed by atoms with van der Waals surface area (Å²) in [5, 5.41) is 8.55. The van der Waals surface area contributed by atoms with Gasteiger partial charge >= 0.3 is 0 Å².